The van der Waals surface area contributed by atoms with Gasteiger partial charge >= 0.3 is 0 Å². The van der Waals surface area contributed by atoms with E-state index < -0.39 is 10.0 Å². The van der Waals surface area contributed by atoms with Crippen LogP contribution < -0.4 is 15.4 Å². The third kappa shape index (κ3) is 4.23. The Bertz CT molecular complexity index is 1440. The molecule has 10 heteroatoms. The molecule has 4 aromatic rings. The number of sulfonamides is 1. The average Bonchev–Trinajstić information content (AvgIpc) is 3.24. The number of nitrogen functional groups attached to an aromatic ring is 1. The molecule has 4 heterocycles. The Hall–Kier alpha value is -3.24. The Kier molecular flexibility index (Phi) is 5.41. The van der Waals surface area contributed by atoms with E-state index in [0.717, 1.165) is 59.3 Å². The summed E-state index contributed by atoms with van der Waals surface area (Å²) in [6.07, 6.45) is 6.60. The number of pyridine rings is 1. The lowest BCUT2D eigenvalue weighted by atomic mass is 9.97. The fraction of sp³-hybridized carbons (Fsp3) is 0.348. The molecule has 9 nitrogen and oxygen atoms in total. The highest BCUT2D eigenvalue weighted by atomic mass is 32.2. The highest BCUT2D eigenvalue weighted by Gasteiger charge is 2.24. The molecule has 1 aromatic carbocycles. The van der Waals surface area contributed by atoms with E-state index in [0.29, 0.717) is 23.9 Å². The van der Waals surface area contributed by atoms with Gasteiger partial charge in [-0.25, -0.2) is 18.1 Å². The summed E-state index contributed by atoms with van der Waals surface area (Å²) in [4.78, 5) is 11.8. The molecule has 0 radical (unpaired) electrons. The van der Waals surface area contributed by atoms with Crippen molar-refractivity contribution in [2.45, 2.75) is 19.8 Å². The van der Waals surface area contributed by atoms with Crippen LogP contribution >= 0.6 is 0 Å². The number of nitrogens with one attached hydrogen (secondary N) is 1. The summed E-state index contributed by atoms with van der Waals surface area (Å²) in [5.74, 6) is 1.73. The van der Waals surface area contributed by atoms with Crippen LogP contribution in [0.5, 0.6) is 0 Å². The standard InChI is InChI=1S/C23H27N7O2S/c1-15-21(24)30-23(19(14-26-30)18-11-17-5-3-4-6-20(17)25-13-18)28-22(15)29-9-7-16(8-10-29)12-27-33(2,31)32/h3-6,11,13-14,16,27H,7-10,12,24H2,1-2H3. The summed E-state index contributed by atoms with van der Waals surface area (Å²) in [6.45, 7) is 4.02. The van der Waals surface area contributed by atoms with Gasteiger partial charge in [-0.2, -0.15) is 9.61 Å². The average molecular weight is 466 g/mol. The number of nitrogens with two attached hydrogens (primary N) is 1. The molecule has 0 bridgehead atoms. The highest BCUT2D eigenvalue weighted by molar-refractivity contribution is 7.88. The van der Waals surface area contributed by atoms with Crippen molar-refractivity contribution in [2.24, 2.45) is 5.92 Å². The minimum absolute atomic E-state index is 0.312. The molecular weight excluding hydrogens is 438 g/mol. The number of hydrogen-bond acceptors (Lipinski definition) is 7. The second-order valence-corrected chi connectivity index (χ2v) is 10.5. The molecular formula is C23H27N7O2S. The number of benzene rings is 1. The lowest BCUT2D eigenvalue weighted by molar-refractivity contribution is 0.401. The minimum Gasteiger partial charge on any atom is -0.383 e. The third-order valence-electron chi connectivity index (χ3n) is 6.35. The Balaban J connectivity index is 1.46. The molecule has 3 aromatic heterocycles. The number of piperidine rings is 1. The van der Waals surface area contributed by atoms with E-state index in [1.165, 1.54) is 6.26 Å². The summed E-state index contributed by atoms with van der Waals surface area (Å²) in [5, 5.41) is 5.55. The summed E-state index contributed by atoms with van der Waals surface area (Å²) in [5.41, 5.74) is 10.8. The van der Waals surface area contributed by atoms with Crippen LogP contribution in [0.2, 0.25) is 0 Å². The number of nitrogens with zero attached hydrogens (tertiary/aromatic N) is 5. The van der Waals surface area contributed by atoms with Crippen LogP contribution in [0, 0.1) is 12.8 Å². The maximum absolute atomic E-state index is 11.4. The fourth-order valence-corrected chi connectivity index (χ4v) is 4.97. The van der Waals surface area contributed by atoms with Gasteiger partial charge < -0.3 is 10.6 Å². The first-order valence-electron chi connectivity index (χ1n) is 11.0. The third-order valence-corrected chi connectivity index (χ3v) is 7.04. The lowest BCUT2D eigenvalue weighted by Gasteiger charge is -2.33. The molecule has 0 amide bonds. The molecule has 1 saturated heterocycles. The number of fused-ring (bicyclic) bond motifs is 2. The van der Waals surface area contributed by atoms with Gasteiger partial charge in [0.2, 0.25) is 10.0 Å². The Labute approximate surface area is 192 Å². The maximum Gasteiger partial charge on any atom is 0.208 e. The molecule has 5 rings (SSSR count). The van der Waals surface area contributed by atoms with Gasteiger partial charge in [0, 0.05) is 47.9 Å². The van der Waals surface area contributed by atoms with Gasteiger partial charge in [-0.1, -0.05) is 18.2 Å². The van der Waals surface area contributed by atoms with E-state index in [9.17, 15) is 8.42 Å². The molecule has 1 aliphatic rings. The van der Waals surface area contributed by atoms with E-state index in [2.05, 4.69) is 25.8 Å². The lowest BCUT2D eigenvalue weighted by Crippen LogP contribution is -2.39. The molecule has 0 atom stereocenters. The van der Waals surface area contributed by atoms with E-state index in [4.69, 9.17) is 10.7 Å². The maximum atomic E-state index is 11.4. The Morgan fingerprint density at radius 3 is 2.70 bits per heavy atom. The summed E-state index contributed by atoms with van der Waals surface area (Å²) in [7, 11) is -3.17. The van der Waals surface area contributed by atoms with Crippen LogP contribution in [0.4, 0.5) is 11.6 Å². The zero-order valence-corrected chi connectivity index (χ0v) is 19.5. The fourth-order valence-electron chi connectivity index (χ4n) is 4.43. The molecule has 0 saturated carbocycles. The zero-order valence-electron chi connectivity index (χ0n) is 18.7. The van der Waals surface area contributed by atoms with Crippen molar-refractivity contribution < 1.29 is 8.42 Å². The number of aromatic nitrogens is 4. The summed E-state index contributed by atoms with van der Waals surface area (Å²) < 4.78 is 27.1. The van der Waals surface area contributed by atoms with Crippen LogP contribution in [0.15, 0.2) is 42.7 Å². The first-order valence-corrected chi connectivity index (χ1v) is 12.9. The second-order valence-electron chi connectivity index (χ2n) is 8.71. The van der Waals surface area contributed by atoms with Crippen LogP contribution in [0.1, 0.15) is 18.4 Å². The van der Waals surface area contributed by atoms with Crippen molar-refractivity contribution in [3.8, 4) is 11.1 Å². The van der Waals surface area contributed by atoms with Crippen LogP contribution in [-0.4, -0.2) is 53.9 Å². The largest absolute Gasteiger partial charge is 0.383 e. The van der Waals surface area contributed by atoms with E-state index in [1.807, 2.05) is 37.4 Å². The first kappa shape index (κ1) is 21.6. The van der Waals surface area contributed by atoms with Crippen molar-refractivity contribution in [3.05, 3.63) is 48.3 Å². The number of para-hydroxylation sites is 1. The molecule has 1 fully saturated rings. The summed E-state index contributed by atoms with van der Waals surface area (Å²) >= 11 is 0. The van der Waals surface area contributed by atoms with Crippen molar-refractivity contribution in [1.29, 1.82) is 0 Å². The van der Waals surface area contributed by atoms with Gasteiger partial charge in [0.1, 0.15) is 11.6 Å². The van der Waals surface area contributed by atoms with Crippen molar-refractivity contribution in [2.75, 3.05) is 36.5 Å². The van der Waals surface area contributed by atoms with Crippen LogP contribution in [0.3, 0.4) is 0 Å². The molecule has 1 aliphatic heterocycles. The van der Waals surface area contributed by atoms with Gasteiger partial charge in [0.05, 0.1) is 18.0 Å². The minimum atomic E-state index is -3.17. The monoisotopic (exact) mass is 465 g/mol. The number of rotatable bonds is 5. The van der Waals surface area contributed by atoms with E-state index in [1.54, 1.807) is 10.7 Å². The van der Waals surface area contributed by atoms with Crippen LogP contribution in [-0.2, 0) is 10.0 Å². The van der Waals surface area contributed by atoms with Gasteiger partial charge in [0.25, 0.3) is 0 Å². The Morgan fingerprint density at radius 2 is 1.94 bits per heavy atom. The number of anilines is 2. The van der Waals surface area contributed by atoms with E-state index >= 15 is 0 Å². The van der Waals surface area contributed by atoms with Crippen molar-refractivity contribution >= 4 is 38.2 Å². The second kappa shape index (κ2) is 8.27. The predicted octanol–water partition coefficient (Wildman–Crippen LogP) is 2.60. The SMILES string of the molecule is Cc1c(N2CCC(CNS(C)(=O)=O)CC2)nc2c(-c3cnc4ccccc4c3)cnn2c1N. The topological polar surface area (TPSA) is 119 Å². The Morgan fingerprint density at radius 1 is 1.18 bits per heavy atom. The molecule has 0 aliphatic carbocycles. The van der Waals surface area contributed by atoms with Crippen molar-refractivity contribution in [1.82, 2.24) is 24.3 Å². The normalized spacial score (nSPS) is 15.5. The molecule has 33 heavy (non-hydrogen) atoms. The smallest absolute Gasteiger partial charge is 0.208 e. The quantitative estimate of drug-likeness (QED) is 0.465. The van der Waals surface area contributed by atoms with Gasteiger partial charge in [-0.05, 0) is 37.8 Å². The van der Waals surface area contributed by atoms with Gasteiger partial charge in [-0.3, -0.25) is 4.98 Å². The molecule has 3 N–H and O–H groups in total. The molecule has 0 unspecified atom stereocenters. The highest BCUT2D eigenvalue weighted by Crippen LogP contribution is 2.32. The van der Waals surface area contributed by atoms with Gasteiger partial charge in [0.15, 0.2) is 5.65 Å². The van der Waals surface area contributed by atoms with E-state index in [-0.39, 0.29) is 0 Å². The first-order chi connectivity index (χ1) is 15.8. The van der Waals surface area contributed by atoms with Gasteiger partial charge in [-0.15, -0.1) is 0 Å². The zero-order chi connectivity index (χ0) is 23.2. The van der Waals surface area contributed by atoms with Crippen molar-refractivity contribution in [3.63, 3.8) is 0 Å². The van der Waals surface area contributed by atoms with Crippen LogP contribution in [0.25, 0.3) is 27.7 Å². The predicted molar refractivity (Wildman–Crippen MR) is 131 cm³/mol. The summed E-state index contributed by atoms with van der Waals surface area (Å²) in [6, 6.07) is 10.1. The number of hydrogen-bond donors (Lipinski definition) is 2. The molecule has 0 spiro atoms. The molecule has 172 valence electrons.